The zero-order valence-corrected chi connectivity index (χ0v) is 19.0. The van der Waals surface area contributed by atoms with Gasteiger partial charge in [0.1, 0.15) is 0 Å². The molecule has 1 aliphatic heterocycles. The maximum absolute atomic E-state index is 12.0. The molecule has 9 heteroatoms. The highest BCUT2D eigenvalue weighted by Crippen LogP contribution is 2.26. The number of anilines is 2. The van der Waals surface area contributed by atoms with Crippen molar-refractivity contribution in [3.63, 3.8) is 0 Å². The molecular formula is C24H27N7O2. The predicted octanol–water partition coefficient (Wildman–Crippen LogP) is 2.98. The van der Waals surface area contributed by atoms with Gasteiger partial charge in [0.15, 0.2) is 11.6 Å². The van der Waals surface area contributed by atoms with Crippen molar-refractivity contribution in [2.75, 3.05) is 18.4 Å². The summed E-state index contributed by atoms with van der Waals surface area (Å²) in [6.45, 7) is 5.91. The molecule has 2 N–H and O–H groups in total. The molecule has 4 heterocycles. The van der Waals surface area contributed by atoms with Crippen LogP contribution in [0, 0.1) is 6.92 Å². The highest BCUT2D eigenvalue weighted by molar-refractivity contribution is 6.07. The van der Waals surface area contributed by atoms with Crippen molar-refractivity contribution < 1.29 is 9.90 Å². The Hall–Kier alpha value is -3.56. The van der Waals surface area contributed by atoms with Crippen molar-refractivity contribution in [2.24, 2.45) is 7.05 Å². The predicted molar refractivity (Wildman–Crippen MR) is 126 cm³/mol. The molecule has 9 nitrogen and oxygen atoms in total. The molecule has 5 rings (SSSR count). The third-order valence-corrected chi connectivity index (χ3v) is 6.14. The Morgan fingerprint density at radius 1 is 1.27 bits per heavy atom. The quantitative estimate of drug-likeness (QED) is 0.440. The molecule has 3 aromatic heterocycles. The van der Waals surface area contributed by atoms with Crippen LogP contribution >= 0.6 is 0 Å². The van der Waals surface area contributed by atoms with Gasteiger partial charge in [0.2, 0.25) is 5.95 Å². The number of aliphatic hydroxyl groups excluding tert-OH is 1. The maximum atomic E-state index is 12.0. The van der Waals surface area contributed by atoms with Gasteiger partial charge in [-0.15, -0.1) is 0 Å². The smallest absolute Gasteiger partial charge is 0.229 e. The number of aryl methyl sites for hydroxylation is 2. The van der Waals surface area contributed by atoms with Gasteiger partial charge in [-0.25, -0.2) is 9.67 Å². The van der Waals surface area contributed by atoms with Gasteiger partial charge in [-0.2, -0.15) is 10.1 Å². The van der Waals surface area contributed by atoms with Crippen LogP contribution in [0.4, 0.5) is 11.6 Å². The zero-order chi connectivity index (χ0) is 23.1. The van der Waals surface area contributed by atoms with Gasteiger partial charge in [0, 0.05) is 79.1 Å². The van der Waals surface area contributed by atoms with E-state index in [0.717, 1.165) is 47.4 Å². The first kappa shape index (κ1) is 21.3. The lowest BCUT2D eigenvalue weighted by molar-refractivity contribution is 0.101. The average Bonchev–Trinajstić information content (AvgIpc) is 3.46. The Balaban J connectivity index is 1.38. The average molecular weight is 446 g/mol. The van der Waals surface area contributed by atoms with E-state index < -0.39 is 0 Å². The molecule has 33 heavy (non-hydrogen) atoms. The molecule has 0 radical (unpaired) electrons. The number of likely N-dealkylation sites (tertiary alicyclic amines) is 1. The summed E-state index contributed by atoms with van der Waals surface area (Å²) in [7, 11) is 1.93. The Kier molecular flexibility index (Phi) is 5.43. The van der Waals surface area contributed by atoms with Gasteiger partial charge in [-0.1, -0.05) is 0 Å². The topological polar surface area (TPSA) is 101 Å². The van der Waals surface area contributed by atoms with Crippen molar-refractivity contribution in [1.29, 1.82) is 0 Å². The van der Waals surface area contributed by atoms with Crippen LogP contribution < -0.4 is 5.32 Å². The number of fused-ring (bicyclic) bond motifs is 1. The van der Waals surface area contributed by atoms with Crippen LogP contribution in [0.1, 0.15) is 35.0 Å². The third kappa shape index (κ3) is 4.24. The van der Waals surface area contributed by atoms with Crippen molar-refractivity contribution in [3.8, 4) is 5.82 Å². The second-order valence-corrected chi connectivity index (χ2v) is 8.67. The Labute approximate surface area is 191 Å². The van der Waals surface area contributed by atoms with Gasteiger partial charge in [0.25, 0.3) is 0 Å². The van der Waals surface area contributed by atoms with Gasteiger partial charge in [-0.3, -0.25) is 9.69 Å². The third-order valence-electron chi connectivity index (χ3n) is 6.14. The normalized spacial score (nSPS) is 16.5. The Bertz CT molecular complexity index is 1340. The summed E-state index contributed by atoms with van der Waals surface area (Å²) in [6, 6.07) is 7.69. The largest absolute Gasteiger partial charge is 0.392 e. The minimum absolute atomic E-state index is 0.0318. The summed E-state index contributed by atoms with van der Waals surface area (Å²) >= 11 is 0. The van der Waals surface area contributed by atoms with Crippen LogP contribution in [-0.2, 0) is 13.6 Å². The number of rotatable bonds is 6. The fourth-order valence-corrected chi connectivity index (χ4v) is 4.38. The number of hydrogen-bond donors (Lipinski definition) is 2. The van der Waals surface area contributed by atoms with Crippen LogP contribution in [0.3, 0.4) is 0 Å². The summed E-state index contributed by atoms with van der Waals surface area (Å²) < 4.78 is 3.71. The summed E-state index contributed by atoms with van der Waals surface area (Å²) in [4.78, 5) is 23.2. The number of ketones is 1. The van der Waals surface area contributed by atoms with E-state index in [2.05, 4.69) is 25.3 Å². The molecule has 0 spiro atoms. The molecular weight excluding hydrogens is 418 g/mol. The molecule has 170 valence electrons. The monoisotopic (exact) mass is 445 g/mol. The number of Topliss-reactive ketones (excluding diaryl/α,β-unsaturated/α-hetero) is 1. The van der Waals surface area contributed by atoms with Crippen LogP contribution in [-0.4, -0.2) is 59.3 Å². The SMILES string of the molecule is CC(=O)c1cn(C)c2ccc(Nc3nccc(-n4cc(CN5CC[C@@H](O)C5)c(C)n4)n3)cc12. The van der Waals surface area contributed by atoms with Gasteiger partial charge >= 0.3 is 0 Å². The van der Waals surface area contributed by atoms with E-state index in [1.54, 1.807) is 17.8 Å². The number of carbonyl (C=O) groups excluding carboxylic acids is 1. The lowest BCUT2D eigenvalue weighted by Crippen LogP contribution is -2.21. The first-order chi connectivity index (χ1) is 15.9. The summed E-state index contributed by atoms with van der Waals surface area (Å²) in [5.74, 6) is 1.14. The Morgan fingerprint density at radius 3 is 2.88 bits per heavy atom. The van der Waals surface area contributed by atoms with E-state index in [1.807, 2.05) is 55.2 Å². The van der Waals surface area contributed by atoms with Crippen molar-refractivity contribution in [2.45, 2.75) is 32.9 Å². The van der Waals surface area contributed by atoms with Crippen molar-refractivity contribution in [3.05, 3.63) is 59.7 Å². The molecule has 1 saturated heterocycles. The van der Waals surface area contributed by atoms with Gasteiger partial charge in [-0.05, 0) is 38.5 Å². The van der Waals surface area contributed by atoms with E-state index in [0.29, 0.717) is 23.9 Å². The van der Waals surface area contributed by atoms with Gasteiger partial charge < -0.3 is 15.0 Å². The van der Waals surface area contributed by atoms with Gasteiger partial charge in [0.05, 0.1) is 11.8 Å². The number of β-amino-alcohol motifs (C(OH)–C–C–N with tert-alkyl or cyclic N) is 1. The molecule has 0 bridgehead atoms. The van der Waals surface area contributed by atoms with Crippen molar-refractivity contribution >= 4 is 28.3 Å². The molecule has 0 amide bonds. The molecule has 1 aromatic carbocycles. The first-order valence-corrected chi connectivity index (χ1v) is 11.0. The van der Waals surface area contributed by atoms with E-state index in [9.17, 15) is 9.90 Å². The maximum Gasteiger partial charge on any atom is 0.229 e. The highest BCUT2D eigenvalue weighted by atomic mass is 16.3. The van der Waals surface area contributed by atoms with Crippen LogP contribution in [0.5, 0.6) is 0 Å². The van der Waals surface area contributed by atoms with Crippen molar-refractivity contribution in [1.82, 2.24) is 29.2 Å². The number of nitrogens with one attached hydrogen (secondary N) is 1. The molecule has 0 aliphatic carbocycles. The van der Waals surface area contributed by atoms with Crippen LogP contribution in [0.2, 0.25) is 0 Å². The fraction of sp³-hybridized carbons (Fsp3) is 0.333. The van der Waals surface area contributed by atoms with Crippen LogP contribution in [0.15, 0.2) is 42.9 Å². The first-order valence-electron chi connectivity index (χ1n) is 11.0. The second-order valence-electron chi connectivity index (χ2n) is 8.67. The molecule has 4 aromatic rings. The Morgan fingerprint density at radius 2 is 2.12 bits per heavy atom. The second kappa shape index (κ2) is 8.42. The minimum atomic E-state index is -0.238. The number of carbonyl (C=O) groups is 1. The zero-order valence-electron chi connectivity index (χ0n) is 19.0. The van der Waals surface area contributed by atoms with E-state index in [4.69, 9.17) is 0 Å². The number of hydrogen-bond acceptors (Lipinski definition) is 7. The standard InChI is InChI=1S/C24H27N7O2/c1-15-17(11-30-9-7-19(33)13-30)12-31(28-15)23-6-8-25-24(27-23)26-18-4-5-22-20(10-18)21(16(2)32)14-29(22)3/h4-6,8,10,12,14,19,33H,7,9,11,13H2,1-3H3,(H,25,26,27)/t19-/m1/s1. The molecule has 1 aliphatic rings. The highest BCUT2D eigenvalue weighted by Gasteiger charge is 2.21. The summed E-state index contributed by atoms with van der Waals surface area (Å²) in [5, 5.41) is 18.6. The summed E-state index contributed by atoms with van der Waals surface area (Å²) in [6.07, 6.45) is 6.12. The van der Waals surface area contributed by atoms with E-state index in [-0.39, 0.29) is 11.9 Å². The van der Waals surface area contributed by atoms with E-state index in [1.165, 1.54) is 0 Å². The molecule has 0 unspecified atom stereocenters. The molecule has 1 fully saturated rings. The number of nitrogens with zero attached hydrogens (tertiary/aromatic N) is 6. The molecule has 0 saturated carbocycles. The lowest BCUT2D eigenvalue weighted by Gasteiger charge is -2.13. The number of aromatic nitrogens is 5. The molecule has 1 atom stereocenters. The lowest BCUT2D eigenvalue weighted by atomic mass is 10.1. The number of benzene rings is 1. The van der Waals surface area contributed by atoms with E-state index >= 15 is 0 Å². The summed E-state index contributed by atoms with van der Waals surface area (Å²) in [5.41, 5.74) is 4.54. The number of aliphatic hydroxyl groups is 1. The van der Waals surface area contributed by atoms with Crippen LogP contribution in [0.25, 0.3) is 16.7 Å². The minimum Gasteiger partial charge on any atom is -0.392 e. The fourth-order valence-electron chi connectivity index (χ4n) is 4.38.